The van der Waals surface area contributed by atoms with E-state index in [9.17, 15) is 4.79 Å². The molecular formula is C21H23N5O2. The molecule has 1 fully saturated rings. The third kappa shape index (κ3) is 4.03. The van der Waals surface area contributed by atoms with E-state index in [2.05, 4.69) is 20.4 Å². The summed E-state index contributed by atoms with van der Waals surface area (Å²) in [4.78, 5) is 23.9. The van der Waals surface area contributed by atoms with E-state index in [0.717, 1.165) is 41.7 Å². The first-order chi connectivity index (χ1) is 13.6. The lowest BCUT2D eigenvalue weighted by Gasteiger charge is -2.16. The van der Waals surface area contributed by atoms with Crippen LogP contribution in [0.15, 0.2) is 40.9 Å². The number of nitrogens with zero attached hydrogens (tertiary/aromatic N) is 4. The number of hydrogen-bond acceptors (Lipinski definition) is 6. The fraction of sp³-hybridized carbons (Fsp3) is 0.333. The van der Waals surface area contributed by atoms with E-state index >= 15 is 0 Å². The molecule has 1 aliphatic heterocycles. The van der Waals surface area contributed by atoms with Crippen LogP contribution in [0, 0.1) is 13.8 Å². The lowest BCUT2D eigenvalue weighted by Crippen LogP contribution is -2.22. The largest absolute Gasteiger partial charge is 0.361 e. The summed E-state index contributed by atoms with van der Waals surface area (Å²) in [6.45, 7) is 6.15. The van der Waals surface area contributed by atoms with Crippen molar-refractivity contribution in [1.82, 2.24) is 20.4 Å². The van der Waals surface area contributed by atoms with E-state index in [1.165, 1.54) is 12.8 Å². The van der Waals surface area contributed by atoms with Gasteiger partial charge in [0.1, 0.15) is 11.5 Å². The number of aromatic nitrogens is 3. The summed E-state index contributed by atoms with van der Waals surface area (Å²) in [6.07, 6.45) is 2.37. The fourth-order valence-corrected chi connectivity index (χ4v) is 3.33. The third-order valence-corrected chi connectivity index (χ3v) is 4.78. The van der Waals surface area contributed by atoms with E-state index in [1.54, 1.807) is 6.07 Å². The summed E-state index contributed by atoms with van der Waals surface area (Å²) in [5.41, 5.74) is 4.08. The Morgan fingerprint density at radius 1 is 1.11 bits per heavy atom. The number of carbonyl (C=O) groups is 1. The van der Waals surface area contributed by atoms with Crippen molar-refractivity contribution >= 4 is 11.9 Å². The Morgan fingerprint density at radius 2 is 1.86 bits per heavy atom. The van der Waals surface area contributed by atoms with Crippen molar-refractivity contribution in [2.75, 3.05) is 18.0 Å². The number of aryl methyl sites for hydroxylation is 2. The summed E-state index contributed by atoms with van der Waals surface area (Å²) >= 11 is 0. The van der Waals surface area contributed by atoms with Crippen molar-refractivity contribution in [2.45, 2.75) is 33.2 Å². The number of carbonyl (C=O) groups excluding carboxylic acids is 1. The highest BCUT2D eigenvalue weighted by Gasteiger charge is 2.16. The van der Waals surface area contributed by atoms with Crippen LogP contribution in [0.5, 0.6) is 0 Å². The molecule has 3 aromatic rings. The minimum atomic E-state index is -0.149. The Morgan fingerprint density at radius 3 is 2.54 bits per heavy atom. The smallest absolute Gasteiger partial charge is 0.251 e. The molecule has 7 nitrogen and oxygen atoms in total. The van der Waals surface area contributed by atoms with Crippen LogP contribution in [0.4, 0.5) is 5.95 Å². The Kier molecular flexibility index (Phi) is 5.06. The molecule has 1 N–H and O–H groups in total. The van der Waals surface area contributed by atoms with Crippen molar-refractivity contribution in [3.8, 4) is 11.3 Å². The summed E-state index contributed by atoms with van der Waals surface area (Å²) in [5, 5.41) is 6.73. The van der Waals surface area contributed by atoms with Crippen LogP contribution >= 0.6 is 0 Å². The summed E-state index contributed by atoms with van der Waals surface area (Å²) in [7, 11) is 0. The average Bonchev–Trinajstić information content (AvgIpc) is 3.38. The topological polar surface area (TPSA) is 84.2 Å². The first-order valence-corrected chi connectivity index (χ1v) is 9.50. The first kappa shape index (κ1) is 18.2. The van der Waals surface area contributed by atoms with Gasteiger partial charge < -0.3 is 14.7 Å². The molecule has 0 saturated carbocycles. The minimum absolute atomic E-state index is 0.149. The van der Waals surface area contributed by atoms with Crippen LogP contribution in [-0.4, -0.2) is 34.1 Å². The van der Waals surface area contributed by atoms with Crippen molar-refractivity contribution in [3.05, 3.63) is 59.1 Å². The average molecular weight is 377 g/mol. The summed E-state index contributed by atoms with van der Waals surface area (Å²) in [6, 6.07) is 11.2. The highest BCUT2D eigenvalue weighted by Crippen LogP contribution is 2.23. The highest BCUT2D eigenvalue weighted by molar-refractivity contribution is 5.94. The predicted molar refractivity (Wildman–Crippen MR) is 106 cm³/mol. The number of rotatable bonds is 5. The number of hydrogen-bond donors (Lipinski definition) is 1. The molecule has 2 aromatic heterocycles. The van der Waals surface area contributed by atoms with Crippen LogP contribution in [0.1, 0.15) is 40.3 Å². The van der Waals surface area contributed by atoms with Gasteiger partial charge >= 0.3 is 0 Å². The number of benzene rings is 1. The van der Waals surface area contributed by atoms with Gasteiger partial charge in [0.15, 0.2) is 0 Å². The second kappa shape index (κ2) is 7.80. The molecule has 1 amide bonds. The van der Waals surface area contributed by atoms with Gasteiger partial charge in [0.05, 0.1) is 12.2 Å². The molecule has 0 radical (unpaired) electrons. The summed E-state index contributed by atoms with van der Waals surface area (Å²) < 4.78 is 5.01. The lowest BCUT2D eigenvalue weighted by atomic mass is 10.1. The van der Waals surface area contributed by atoms with Crippen LogP contribution in [-0.2, 0) is 6.54 Å². The molecule has 7 heteroatoms. The molecule has 144 valence electrons. The number of nitrogens with one attached hydrogen (secondary N) is 1. The minimum Gasteiger partial charge on any atom is -0.361 e. The zero-order chi connectivity index (χ0) is 19.5. The van der Waals surface area contributed by atoms with E-state index in [-0.39, 0.29) is 5.91 Å². The molecular weight excluding hydrogens is 354 g/mol. The van der Waals surface area contributed by atoms with Gasteiger partial charge in [0.2, 0.25) is 5.95 Å². The maximum Gasteiger partial charge on any atom is 0.251 e. The monoisotopic (exact) mass is 377 g/mol. The van der Waals surface area contributed by atoms with Gasteiger partial charge in [0.25, 0.3) is 5.91 Å². The Bertz CT molecular complexity index is 975. The molecule has 0 aliphatic carbocycles. The van der Waals surface area contributed by atoms with Gasteiger partial charge in [-0.25, -0.2) is 9.97 Å². The second-order valence-electron chi connectivity index (χ2n) is 7.08. The lowest BCUT2D eigenvalue weighted by molar-refractivity contribution is 0.0950. The van der Waals surface area contributed by atoms with Crippen molar-refractivity contribution in [3.63, 3.8) is 0 Å². The Balaban J connectivity index is 1.47. The molecule has 28 heavy (non-hydrogen) atoms. The fourth-order valence-electron chi connectivity index (χ4n) is 3.33. The van der Waals surface area contributed by atoms with Crippen LogP contribution in [0.2, 0.25) is 0 Å². The SMILES string of the molecule is Cc1cc(-c2ccc(C(=O)NCc3cc(C)on3)cc2)nc(N2CCCC2)n1. The zero-order valence-corrected chi connectivity index (χ0v) is 16.1. The standard InChI is InChI=1S/C21H23N5O2/c1-14-11-19(24-21(23-14)26-9-3-4-10-26)16-5-7-17(8-6-16)20(27)22-13-18-12-15(2)28-25-18/h5-8,11-12H,3-4,9-10,13H2,1-2H3,(H,22,27). The van der Waals surface area contributed by atoms with Crippen LogP contribution < -0.4 is 10.2 Å². The van der Waals surface area contributed by atoms with Gasteiger partial charge in [-0.05, 0) is 44.9 Å². The third-order valence-electron chi connectivity index (χ3n) is 4.78. The molecule has 1 aliphatic rings. The van der Waals surface area contributed by atoms with Gasteiger partial charge in [-0.3, -0.25) is 4.79 Å². The second-order valence-corrected chi connectivity index (χ2v) is 7.08. The Hall–Kier alpha value is -3.22. The van der Waals surface area contributed by atoms with Crippen LogP contribution in [0.25, 0.3) is 11.3 Å². The number of amides is 1. The van der Waals surface area contributed by atoms with Gasteiger partial charge in [-0.1, -0.05) is 17.3 Å². The maximum atomic E-state index is 12.4. The summed E-state index contributed by atoms with van der Waals surface area (Å²) in [5.74, 6) is 1.36. The number of anilines is 1. The van der Waals surface area contributed by atoms with E-state index in [1.807, 2.05) is 44.2 Å². The van der Waals surface area contributed by atoms with Crippen molar-refractivity contribution < 1.29 is 9.32 Å². The van der Waals surface area contributed by atoms with Gasteiger partial charge in [-0.15, -0.1) is 0 Å². The van der Waals surface area contributed by atoms with Crippen LogP contribution in [0.3, 0.4) is 0 Å². The van der Waals surface area contributed by atoms with Gasteiger partial charge in [0, 0.05) is 36.0 Å². The van der Waals surface area contributed by atoms with E-state index in [0.29, 0.717) is 17.8 Å². The zero-order valence-electron chi connectivity index (χ0n) is 16.1. The molecule has 0 unspecified atom stereocenters. The normalized spacial score (nSPS) is 13.7. The molecule has 4 rings (SSSR count). The predicted octanol–water partition coefficient (Wildman–Crippen LogP) is 3.28. The highest BCUT2D eigenvalue weighted by atomic mass is 16.5. The van der Waals surface area contributed by atoms with Gasteiger partial charge in [-0.2, -0.15) is 0 Å². The molecule has 1 saturated heterocycles. The quantitative estimate of drug-likeness (QED) is 0.735. The Labute approximate surface area is 163 Å². The van der Waals surface area contributed by atoms with Crippen molar-refractivity contribution in [2.24, 2.45) is 0 Å². The molecule has 1 aromatic carbocycles. The first-order valence-electron chi connectivity index (χ1n) is 9.50. The maximum absolute atomic E-state index is 12.4. The molecule has 0 bridgehead atoms. The van der Waals surface area contributed by atoms with E-state index in [4.69, 9.17) is 9.51 Å². The van der Waals surface area contributed by atoms with Crippen molar-refractivity contribution in [1.29, 1.82) is 0 Å². The molecule has 3 heterocycles. The molecule has 0 atom stereocenters. The molecule has 0 spiro atoms. The van der Waals surface area contributed by atoms with E-state index < -0.39 is 0 Å².